The summed E-state index contributed by atoms with van der Waals surface area (Å²) in [5.74, 6) is 0. The second-order valence-electron chi connectivity index (χ2n) is 1.06. The Morgan fingerprint density at radius 3 is 1.30 bits per heavy atom. The Morgan fingerprint density at radius 2 is 1.30 bits per heavy atom. The molecule has 0 radical (unpaired) electrons. The number of halogens is 4. The van der Waals surface area contributed by atoms with Gasteiger partial charge in [-0.05, 0) is 0 Å². The van der Waals surface area contributed by atoms with Crippen molar-refractivity contribution in [1.82, 2.24) is 0 Å². The molecule has 0 bridgehead atoms. The van der Waals surface area contributed by atoms with E-state index in [0.717, 1.165) is 0 Å². The number of rotatable bonds is 0. The van der Waals surface area contributed by atoms with Gasteiger partial charge < -0.3 is 17.0 Å². The fourth-order valence-electron chi connectivity index (χ4n) is 0. The summed E-state index contributed by atoms with van der Waals surface area (Å²) in [6.45, 7) is 0. The maximum absolute atomic E-state index is 10.9. The number of alkyl halides is 3. The first-order valence-corrected chi connectivity index (χ1v) is 3.05. The van der Waals surface area contributed by atoms with E-state index in [4.69, 9.17) is 0 Å². The van der Waals surface area contributed by atoms with Gasteiger partial charge in [0.05, 0.1) is 0 Å². The van der Waals surface area contributed by atoms with Gasteiger partial charge in [0, 0.05) is 0 Å². The molecular formula is C2H2BrF3MgO2S. The quantitative estimate of drug-likeness (QED) is 0.348. The second-order valence-corrected chi connectivity index (χ2v) is 2.75. The molecule has 0 amide bonds. The molecular weight excluding hydrogens is 249 g/mol. The van der Waals surface area contributed by atoms with Crippen LogP contribution < -0.4 is 17.0 Å². The maximum atomic E-state index is 10.9. The van der Waals surface area contributed by atoms with E-state index < -0.39 is 15.3 Å². The Kier molecular flexibility index (Phi) is 8.21. The molecule has 10 heavy (non-hydrogen) atoms. The van der Waals surface area contributed by atoms with Crippen molar-refractivity contribution in [2.75, 3.05) is 0 Å². The van der Waals surface area contributed by atoms with Crippen LogP contribution in [0.15, 0.2) is 0 Å². The Bertz CT molecular complexity index is 173. The normalized spacial score (nSPS) is 11.2. The van der Waals surface area contributed by atoms with Gasteiger partial charge in [-0.15, -0.1) is 0 Å². The van der Waals surface area contributed by atoms with Crippen LogP contribution in [0.25, 0.3) is 0 Å². The molecule has 0 atom stereocenters. The molecule has 0 unspecified atom stereocenters. The number of hydrogen-bond donors (Lipinski definition) is 0. The van der Waals surface area contributed by atoms with Gasteiger partial charge in [0.1, 0.15) is 9.84 Å². The maximum Gasteiger partial charge on any atom is 2.00 e. The summed E-state index contributed by atoms with van der Waals surface area (Å²) in [5.41, 5.74) is -5.20. The minimum absolute atomic E-state index is 0. The van der Waals surface area contributed by atoms with Gasteiger partial charge in [-0.1, -0.05) is 0 Å². The molecule has 0 spiro atoms. The minimum atomic E-state index is -5.20. The van der Waals surface area contributed by atoms with E-state index in [1.807, 2.05) is 6.26 Å². The molecule has 0 heterocycles. The summed E-state index contributed by atoms with van der Waals surface area (Å²) in [5, 5.41) is 0. The first-order chi connectivity index (χ1) is 3.25. The average molecular weight is 251 g/mol. The van der Waals surface area contributed by atoms with Gasteiger partial charge in [0.25, 0.3) is 0 Å². The predicted molar refractivity (Wildman–Crippen MR) is 26.1 cm³/mol. The largest absolute Gasteiger partial charge is 2.00 e. The minimum Gasteiger partial charge on any atom is -1.00 e. The number of hydrogen-bond acceptors (Lipinski definition) is 2. The van der Waals surface area contributed by atoms with Crippen molar-refractivity contribution in [3.05, 3.63) is 6.26 Å². The van der Waals surface area contributed by atoms with Gasteiger partial charge in [-0.25, -0.2) is 6.26 Å². The number of sulfone groups is 1. The van der Waals surface area contributed by atoms with Crippen LogP contribution in [0.4, 0.5) is 13.2 Å². The third kappa shape index (κ3) is 5.75. The van der Waals surface area contributed by atoms with Gasteiger partial charge in [0.2, 0.25) is 0 Å². The van der Waals surface area contributed by atoms with E-state index in [9.17, 15) is 21.6 Å². The summed E-state index contributed by atoms with van der Waals surface area (Å²) < 4.78 is 51.6. The van der Waals surface area contributed by atoms with Gasteiger partial charge >= 0.3 is 28.6 Å². The molecule has 0 aromatic heterocycles. The Balaban J connectivity index is -0.000000245. The first kappa shape index (κ1) is 17.2. The summed E-state index contributed by atoms with van der Waals surface area (Å²) >= 11 is 0. The van der Waals surface area contributed by atoms with E-state index >= 15 is 0 Å². The Labute approximate surface area is 83.0 Å². The molecule has 58 valence electrons. The van der Waals surface area contributed by atoms with E-state index in [-0.39, 0.29) is 40.0 Å². The third-order valence-electron chi connectivity index (χ3n) is 0.353. The van der Waals surface area contributed by atoms with Crippen LogP contribution in [-0.4, -0.2) is 37.0 Å². The van der Waals surface area contributed by atoms with Gasteiger partial charge in [0.15, 0.2) is 0 Å². The van der Waals surface area contributed by atoms with E-state index in [2.05, 4.69) is 0 Å². The SMILES string of the molecule is [Br-].[CH2-]S(=O)(=O)C(F)(F)F.[Mg+2]. The summed E-state index contributed by atoms with van der Waals surface area (Å²) in [6.07, 6.45) is 1.89. The van der Waals surface area contributed by atoms with Crippen molar-refractivity contribution in [3.8, 4) is 0 Å². The van der Waals surface area contributed by atoms with Crippen molar-refractivity contribution in [3.63, 3.8) is 0 Å². The third-order valence-corrected chi connectivity index (χ3v) is 1.06. The van der Waals surface area contributed by atoms with Crippen LogP contribution in [0.3, 0.4) is 0 Å². The molecule has 0 saturated heterocycles. The van der Waals surface area contributed by atoms with Gasteiger partial charge in [-0.2, -0.15) is 13.2 Å². The van der Waals surface area contributed by atoms with Gasteiger partial charge in [-0.3, -0.25) is 8.42 Å². The summed E-state index contributed by atoms with van der Waals surface area (Å²) in [4.78, 5) is 0. The molecule has 0 aromatic carbocycles. The zero-order valence-corrected chi connectivity index (χ0v) is 8.47. The molecule has 0 aliphatic heterocycles. The van der Waals surface area contributed by atoms with Crippen molar-refractivity contribution >= 4 is 32.9 Å². The summed E-state index contributed by atoms with van der Waals surface area (Å²) in [7, 11) is -5.09. The van der Waals surface area contributed by atoms with Crippen LogP contribution in [0.2, 0.25) is 0 Å². The monoisotopic (exact) mass is 250 g/mol. The van der Waals surface area contributed by atoms with E-state index in [1.165, 1.54) is 0 Å². The zero-order valence-electron chi connectivity index (χ0n) is 4.65. The molecule has 2 nitrogen and oxygen atoms in total. The topological polar surface area (TPSA) is 34.1 Å². The molecule has 8 heteroatoms. The molecule has 0 saturated carbocycles. The molecule has 0 rings (SSSR count). The molecule has 0 aliphatic rings. The van der Waals surface area contributed by atoms with Crippen molar-refractivity contribution < 1.29 is 38.6 Å². The van der Waals surface area contributed by atoms with Crippen molar-refractivity contribution in [1.29, 1.82) is 0 Å². The van der Waals surface area contributed by atoms with Crippen LogP contribution >= 0.6 is 0 Å². The fraction of sp³-hybridized carbons (Fsp3) is 0.500. The smallest absolute Gasteiger partial charge is 1.00 e. The average Bonchev–Trinajstić information content (AvgIpc) is 1.25. The van der Waals surface area contributed by atoms with Crippen LogP contribution in [0.5, 0.6) is 0 Å². The Hall–Kier alpha value is 0.986. The Morgan fingerprint density at radius 1 is 1.20 bits per heavy atom. The first-order valence-electron chi connectivity index (χ1n) is 1.39. The van der Waals surface area contributed by atoms with E-state index in [0.29, 0.717) is 0 Å². The van der Waals surface area contributed by atoms with E-state index in [1.54, 1.807) is 0 Å². The molecule has 0 aliphatic carbocycles. The van der Waals surface area contributed by atoms with Crippen LogP contribution in [0.1, 0.15) is 0 Å². The molecule has 0 fully saturated rings. The van der Waals surface area contributed by atoms with Crippen LogP contribution in [-0.2, 0) is 9.84 Å². The zero-order chi connectivity index (χ0) is 7.00. The standard InChI is InChI=1S/C2H2F3O2S.BrH.Mg/c1-8(6,7)2(3,4)5;;/h1H2;1H;/q-1;;+2/p-1. The molecule has 0 aromatic rings. The summed E-state index contributed by atoms with van der Waals surface area (Å²) in [6, 6.07) is 0. The van der Waals surface area contributed by atoms with Crippen molar-refractivity contribution in [2.45, 2.75) is 5.51 Å². The fourth-order valence-corrected chi connectivity index (χ4v) is 0. The second kappa shape index (κ2) is 4.78. The van der Waals surface area contributed by atoms with Crippen LogP contribution in [0, 0.1) is 6.26 Å². The predicted octanol–water partition coefficient (Wildman–Crippen LogP) is -2.66. The van der Waals surface area contributed by atoms with Crippen molar-refractivity contribution in [2.24, 2.45) is 0 Å². The molecule has 0 N–H and O–H groups in total.